The van der Waals surface area contributed by atoms with Crippen molar-refractivity contribution >= 4 is 5.57 Å². The molecule has 0 radical (unpaired) electrons. The van der Waals surface area contributed by atoms with Crippen molar-refractivity contribution in [3.63, 3.8) is 0 Å². The zero-order valence-electron chi connectivity index (χ0n) is 18.5. The highest BCUT2D eigenvalue weighted by Gasteiger charge is 2.24. The summed E-state index contributed by atoms with van der Waals surface area (Å²) in [5.74, 6) is 1.37. The minimum absolute atomic E-state index is 0.285. The van der Waals surface area contributed by atoms with Crippen molar-refractivity contribution in [3.05, 3.63) is 108 Å². The number of hydrogen-bond donors (Lipinski definition) is 0. The molecule has 0 unspecified atom stereocenters. The number of allylic oxidation sites excluding steroid dienone is 1. The van der Waals surface area contributed by atoms with Gasteiger partial charge in [-0.25, -0.2) is 0 Å². The van der Waals surface area contributed by atoms with Crippen LogP contribution in [0.4, 0.5) is 0 Å². The first-order valence-electron chi connectivity index (χ1n) is 11.5. The quantitative estimate of drug-likeness (QED) is 0.405. The fraction of sp³-hybridized carbons (Fsp3) is 0.310. The summed E-state index contributed by atoms with van der Waals surface area (Å²) in [6.45, 7) is 9.49. The van der Waals surface area contributed by atoms with E-state index in [4.69, 9.17) is 4.74 Å². The number of nitrogens with zero attached hydrogens (tertiary/aromatic N) is 1. The predicted octanol–water partition coefficient (Wildman–Crippen LogP) is 6.79. The molecule has 2 nitrogen and oxygen atoms in total. The molecule has 0 bridgehead atoms. The highest BCUT2D eigenvalue weighted by molar-refractivity contribution is 5.64. The molecule has 0 amide bonds. The summed E-state index contributed by atoms with van der Waals surface area (Å²) < 4.78 is 6.35. The Bertz CT molecular complexity index is 919. The van der Waals surface area contributed by atoms with Crippen LogP contribution in [0.3, 0.4) is 0 Å². The van der Waals surface area contributed by atoms with E-state index in [1.54, 1.807) is 0 Å². The van der Waals surface area contributed by atoms with Gasteiger partial charge >= 0.3 is 0 Å². The normalized spacial score (nSPS) is 15.2. The molecule has 1 fully saturated rings. The second-order valence-electron chi connectivity index (χ2n) is 8.48. The molecule has 0 saturated carbocycles. The average Bonchev–Trinajstić information content (AvgIpc) is 2.84. The monoisotopic (exact) mass is 411 g/mol. The molecule has 3 aromatic rings. The number of rotatable bonds is 8. The summed E-state index contributed by atoms with van der Waals surface area (Å²) in [5, 5.41) is 0. The molecule has 31 heavy (non-hydrogen) atoms. The first-order valence-corrected chi connectivity index (χ1v) is 11.5. The smallest absolute Gasteiger partial charge is 0.120 e. The van der Waals surface area contributed by atoms with Crippen LogP contribution < -0.4 is 4.74 Å². The molecule has 1 heterocycles. The molecule has 2 heteroatoms. The van der Waals surface area contributed by atoms with Crippen LogP contribution in [0.25, 0.3) is 5.57 Å². The highest BCUT2D eigenvalue weighted by Crippen LogP contribution is 2.28. The lowest BCUT2D eigenvalue weighted by molar-refractivity contribution is 0.0988. The standard InChI is InChI=1S/C29H33NO/c1-3-23(2)26-15-10-16-28(21-26)31-27-17-19-30(20-18-27)22-29(24-11-6-4-7-12-24)25-13-8-5-9-14-25/h4-16,21,27,29H,2-3,17-20,22H2,1H3. The molecule has 0 N–H and O–H groups in total. The van der Waals surface area contributed by atoms with Crippen LogP contribution in [-0.2, 0) is 0 Å². The average molecular weight is 412 g/mol. The van der Waals surface area contributed by atoms with Gasteiger partial charge in [-0.15, -0.1) is 0 Å². The van der Waals surface area contributed by atoms with Gasteiger partial charge in [0.25, 0.3) is 0 Å². The van der Waals surface area contributed by atoms with E-state index in [9.17, 15) is 0 Å². The maximum atomic E-state index is 6.35. The van der Waals surface area contributed by atoms with Gasteiger partial charge < -0.3 is 9.64 Å². The zero-order valence-corrected chi connectivity index (χ0v) is 18.5. The molecular weight excluding hydrogens is 378 g/mol. The molecule has 0 spiro atoms. The molecule has 3 aromatic carbocycles. The zero-order chi connectivity index (χ0) is 21.5. The molecule has 4 rings (SSSR count). The van der Waals surface area contributed by atoms with Crippen LogP contribution in [0, 0.1) is 0 Å². The second kappa shape index (κ2) is 10.5. The van der Waals surface area contributed by atoms with E-state index in [1.165, 1.54) is 16.7 Å². The molecule has 1 aliphatic heterocycles. The van der Waals surface area contributed by atoms with Crippen LogP contribution in [0.2, 0.25) is 0 Å². The van der Waals surface area contributed by atoms with Crippen LogP contribution >= 0.6 is 0 Å². The molecular formula is C29H33NO. The Morgan fingerprint density at radius 1 is 0.903 bits per heavy atom. The molecule has 0 aliphatic carbocycles. The number of hydrogen-bond acceptors (Lipinski definition) is 2. The molecule has 1 aliphatic rings. The first kappa shape index (κ1) is 21.4. The molecule has 0 aromatic heterocycles. The molecule has 1 saturated heterocycles. The largest absolute Gasteiger partial charge is 0.490 e. The lowest BCUT2D eigenvalue weighted by Gasteiger charge is -2.34. The summed E-state index contributed by atoms with van der Waals surface area (Å²) in [4.78, 5) is 2.60. The minimum atomic E-state index is 0.285. The fourth-order valence-electron chi connectivity index (χ4n) is 4.43. The van der Waals surface area contributed by atoms with Crippen molar-refractivity contribution in [2.45, 2.75) is 38.2 Å². The molecule has 0 atom stereocenters. The van der Waals surface area contributed by atoms with E-state index >= 15 is 0 Å². The van der Waals surface area contributed by atoms with Gasteiger partial charge in [-0.3, -0.25) is 0 Å². The predicted molar refractivity (Wildman–Crippen MR) is 131 cm³/mol. The van der Waals surface area contributed by atoms with E-state index in [1.807, 2.05) is 0 Å². The van der Waals surface area contributed by atoms with Gasteiger partial charge in [0, 0.05) is 25.6 Å². The van der Waals surface area contributed by atoms with Gasteiger partial charge in [-0.1, -0.05) is 86.3 Å². The Morgan fingerprint density at radius 3 is 2.10 bits per heavy atom. The van der Waals surface area contributed by atoms with Gasteiger partial charge in [0.05, 0.1) is 0 Å². The molecule has 160 valence electrons. The minimum Gasteiger partial charge on any atom is -0.490 e. The third-order valence-corrected chi connectivity index (χ3v) is 6.35. The van der Waals surface area contributed by atoms with Crippen LogP contribution in [-0.4, -0.2) is 30.6 Å². The van der Waals surface area contributed by atoms with Gasteiger partial charge in [0.1, 0.15) is 11.9 Å². The third kappa shape index (κ3) is 5.65. The second-order valence-corrected chi connectivity index (χ2v) is 8.48. The summed E-state index contributed by atoms with van der Waals surface area (Å²) in [5.41, 5.74) is 5.12. The Hall–Kier alpha value is -2.84. The Balaban J connectivity index is 1.37. The van der Waals surface area contributed by atoms with Gasteiger partial charge in [-0.05, 0) is 53.7 Å². The Kier molecular flexibility index (Phi) is 7.22. The maximum Gasteiger partial charge on any atom is 0.120 e. The Morgan fingerprint density at radius 2 is 1.52 bits per heavy atom. The summed E-state index contributed by atoms with van der Waals surface area (Å²) >= 11 is 0. The number of ether oxygens (including phenoxy) is 1. The van der Waals surface area contributed by atoms with Crippen molar-refractivity contribution in [1.82, 2.24) is 4.90 Å². The SMILES string of the molecule is C=C(CC)c1cccc(OC2CCN(CC(c3ccccc3)c3ccccc3)CC2)c1. The number of likely N-dealkylation sites (tertiary alicyclic amines) is 1. The van der Waals surface area contributed by atoms with E-state index < -0.39 is 0 Å². The van der Waals surface area contributed by atoms with Crippen LogP contribution in [0.5, 0.6) is 5.75 Å². The van der Waals surface area contributed by atoms with Gasteiger partial charge in [0.2, 0.25) is 0 Å². The summed E-state index contributed by atoms with van der Waals surface area (Å²) in [7, 11) is 0. The van der Waals surface area contributed by atoms with Crippen molar-refractivity contribution in [2.24, 2.45) is 0 Å². The van der Waals surface area contributed by atoms with Gasteiger partial charge in [0.15, 0.2) is 0 Å². The van der Waals surface area contributed by atoms with E-state index in [2.05, 4.69) is 103 Å². The van der Waals surface area contributed by atoms with Gasteiger partial charge in [-0.2, -0.15) is 0 Å². The number of benzene rings is 3. The van der Waals surface area contributed by atoms with Crippen molar-refractivity contribution < 1.29 is 4.74 Å². The van der Waals surface area contributed by atoms with E-state index in [0.717, 1.165) is 50.2 Å². The van der Waals surface area contributed by atoms with E-state index in [-0.39, 0.29) is 6.10 Å². The van der Waals surface area contributed by atoms with Crippen LogP contribution in [0.15, 0.2) is 91.5 Å². The highest BCUT2D eigenvalue weighted by atomic mass is 16.5. The summed E-state index contributed by atoms with van der Waals surface area (Å²) in [6.07, 6.45) is 3.38. The topological polar surface area (TPSA) is 12.5 Å². The Labute approximate surface area is 187 Å². The van der Waals surface area contributed by atoms with E-state index in [0.29, 0.717) is 5.92 Å². The van der Waals surface area contributed by atoms with Crippen molar-refractivity contribution in [3.8, 4) is 5.75 Å². The summed E-state index contributed by atoms with van der Waals surface area (Å²) in [6, 6.07) is 30.2. The third-order valence-electron chi connectivity index (χ3n) is 6.35. The first-order chi connectivity index (χ1) is 15.2. The lowest BCUT2D eigenvalue weighted by Crippen LogP contribution is -2.40. The maximum absolute atomic E-state index is 6.35. The number of piperidine rings is 1. The lowest BCUT2D eigenvalue weighted by atomic mass is 9.90. The van der Waals surface area contributed by atoms with Crippen molar-refractivity contribution in [1.29, 1.82) is 0 Å². The fourth-order valence-corrected chi connectivity index (χ4v) is 4.43. The van der Waals surface area contributed by atoms with Crippen molar-refractivity contribution in [2.75, 3.05) is 19.6 Å². The van der Waals surface area contributed by atoms with Crippen LogP contribution in [0.1, 0.15) is 48.8 Å².